The summed E-state index contributed by atoms with van der Waals surface area (Å²) in [5, 5.41) is 2.84. The van der Waals surface area contributed by atoms with E-state index >= 15 is 0 Å². The highest BCUT2D eigenvalue weighted by Gasteiger charge is 2.22. The third-order valence-corrected chi connectivity index (χ3v) is 4.87. The number of nitrogens with one attached hydrogen (secondary N) is 1. The van der Waals surface area contributed by atoms with Crippen molar-refractivity contribution in [1.29, 1.82) is 0 Å². The molecule has 0 atom stereocenters. The molecule has 0 aliphatic carbocycles. The maximum atomic E-state index is 12.4. The van der Waals surface area contributed by atoms with Gasteiger partial charge in [-0.3, -0.25) is 0 Å². The molecule has 0 bridgehead atoms. The molecule has 5 nitrogen and oxygen atoms in total. The van der Waals surface area contributed by atoms with Crippen molar-refractivity contribution >= 4 is 6.03 Å². The van der Waals surface area contributed by atoms with Crippen molar-refractivity contribution in [2.24, 2.45) is 5.92 Å². The van der Waals surface area contributed by atoms with Crippen molar-refractivity contribution < 1.29 is 14.3 Å². The Balaban J connectivity index is 1.40. The van der Waals surface area contributed by atoms with E-state index in [1.807, 2.05) is 42.2 Å². The fourth-order valence-corrected chi connectivity index (χ4v) is 3.42. The molecule has 0 spiro atoms. The van der Waals surface area contributed by atoms with Gasteiger partial charge in [0.2, 0.25) is 0 Å². The number of piperidine rings is 1. The summed E-state index contributed by atoms with van der Waals surface area (Å²) in [6.07, 6.45) is 3.17. The van der Waals surface area contributed by atoms with Crippen molar-refractivity contribution in [1.82, 2.24) is 10.2 Å². The molecule has 1 N–H and O–H groups in total. The van der Waals surface area contributed by atoms with Crippen LogP contribution in [-0.4, -0.2) is 37.4 Å². The summed E-state index contributed by atoms with van der Waals surface area (Å²) in [5.41, 5.74) is 1.38. The van der Waals surface area contributed by atoms with Gasteiger partial charge in [0.05, 0.1) is 6.61 Å². The zero-order chi connectivity index (χ0) is 18.9. The van der Waals surface area contributed by atoms with Crippen molar-refractivity contribution in [2.45, 2.75) is 26.2 Å². The largest absolute Gasteiger partial charge is 0.490 e. The molecule has 0 saturated carbocycles. The van der Waals surface area contributed by atoms with Gasteiger partial charge < -0.3 is 19.7 Å². The van der Waals surface area contributed by atoms with Crippen LogP contribution in [0.15, 0.2) is 54.6 Å². The van der Waals surface area contributed by atoms with Gasteiger partial charge in [0, 0.05) is 13.1 Å². The number of rotatable bonds is 7. The second-order valence-corrected chi connectivity index (χ2v) is 6.77. The average molecular weight is 368 g/mol. The molecule has 1 heterocycles. The highest BCUT2D eigenvalue weighted by molar-refractivity contribution is 5.74. The molecule has 0 unspecified atom stereocenters. The Kier molecular flexibility index (Phi) is 6.97. The zero-order valence-electron chi connectivity index (χ0n) is 15.9. The number of hydrogen-bond acceptors (Lipinski definition) is 3. The van der Waals surface area contributed by atoms with E-state index in [2.05, 4.69) is 29.6 Å². The molecule has 1 fully saturated rings. The molecule has 0 aromatic heterocycles. The number of urea groups is 1. The number of carbonyl (C=O) groups excluding carboxylic acids is 1. The molecular weight excluding hydrogens is 340 g/mol. The molecule has 2 amide bonds. The molecule has 2 aromatic carbocycles. The lowest BCUT2D eigenvalue weighted by Gasteiger charge is -2.32. The standard InChI is InChI=1S/C22H28N2O3/c1-2-26-20-10-6-7-11-21(20)27-17-23-22(25)24-14-12-19(13-15-24)16-18-8-4-3-5-9-18/h3-11,19H,2,12-17H2,1H3,(H,23,25). The Hall–Kier alpha value is -2.69. The van der Waals surface area contributed by atoms with E-state index in [4.69, 9.17) is 9.47 Å². The fraction of sp³-hybridized carbons (Fsp3) is 0.409. The van der Waals surface area contributed by atoms with E-state index in [1.165, 1.54) is 5.56 Å². The van der Waals surface area contributed by atoms with Gasteiger partial charge in [-0.2, -0.15) is 0 Å². The maximum absolute atomic E-state index is 12.4. The zero-order valence-corrected chi connectivity index (χ0v) is 15.9. The van der Waals surface area contributed by atoms with Crippen LogP contribution in [0.4, 0.5) is 4.79 Å². The molecule has 2 aromatic rings. The number of benzene rings is 2. The summed E-state index contributed by atoms with van der Waals surface area (Å²) in [6, 6.07) is 18.0. The Bertz CT molecular complexity index is 713. The minimum absolute atomic E-state index is 0.0675. The van der Waals surface area contributed by atoms with Crippen LogP contribution in [0.1, 0.15) is 25.3 Å². The first-order chi connectivity index (χ1) is 13.3. The Morgan fingerprint density at radius 1 is 1.00 bits per heavy atom. The Morgan fingerprint density at radius 2 is 1.63 bits per heavy atom. The molecule has 0 radical (unpaired) electrons. The quantitative estimate of drug-likeness (QED) is 0.749. The predicted molar refractivity (Wildman–Crippen MR) is 106 cm³/mol. The fourth-order valence-electron chi connectivity index (χ4n) is 3.42. The highest BCUT2D eigenvalue weighted by Crippen LogP contribution is 2.26. The number of carbonyl (C=O) groups is 1. The van der Waals surface area contributed by atoms with E-state index in [-0.39, 0.29) is 12.8 Å². The molecule has 1 aliphatic heterocycles. The van der Waals surface area contributed by atoms with Crippen molar-refractivity contribution in [3.05, 3.63) is 60.2 Å². The number of nitrogens with zero attached hydrogens (tertiary/aromatic N) is 1. The molecule has 1 saturated heterocycles. The summed E-state index contributed by atoms with van der Waals surface area (Å²) in [5.74, 6) is 1.97. The molecule has 3 rings (SSSR count). The number of likely N-dealkylation sites (tertiary alicyclic amines) is 1. The van der Waals surface area contributed by atoms with Crippen LogP contribution >= 0.6 is 0 Å². The van der Waals surface area contributed by atoms with Gasteiger partial charge >= 0.3 is 6.03 Å². The molecular formula is C22H28N2O3. The molecule has 5 heteroatoms. The van der Waals surface area contributed by atoms with E-state index < -0.39 is 0 Å². The monoisotopic (exact) mass is 368 g/mol. The Morgan fingerprint density at radius 3 is 2.30 bits per heavy atom. The summed E-state index contributed by atoms with van der Waals surface area (Å²) < 4.78 is 11.2. The summed E-state index contributed by atoms with van der Waals surface area (Å²) >= 11 is 0. The summed E-state index contributed by atoms with van der Waals surface area (Å²) in [4.78, 5) is 14.2. The molecule has 27 heavy (non-hydrogen) atoms. The van der Waals surface area contributed by atoms with Crippen molar-refractivity contribution in [3.8, 4) is 11.5 Å². The second kappa shape index (κ2) is 9.86. The van der Waals surface area contributed by atoms with Gasteiger partial charge in [-0.1, -0.05) is 42.5 Å². The van der Waals surface area contributed by atoms with Gasteiger partial charge in [0.15, 0.2) is 18.2 Å². The van der Waals surface area contributed by atoms with Crippen LogP contribution in [-0.2, 0) is 6.42 Å². The van der Waals surface area contributed by atoms with Gasteiger partial charge in [-0.15, -0.1) is 0 Å². The third-order valence-electron chi connectivity index (χ3n) is 4.87. The van der Waals surface area contributed by atoms with Crippen LogP contribution < -0.4 is 14.8 Å². The van der Waals surface area contributed by atoms with Crippen molar-refractivity contribution in [3.63, 3.8) is 0 Å². The lowest BCUT2D eigenvalue weighted by molar-refractivity contribution is 0.160. The van der Waals surface area contributed by atoms with E-state index in [1.54, 1.807) is 0 Å². The Labute approximate surface area is 161 Å². The number of amides is 2. The number of ether oxygens (including phenoxy) is 2. The average Bonchev–Trinajstić information content (AvgIpc) is 2.71. The first kappa shape index (κ1) is 19.1. The third kappa shape index (κ3) is 5.64. The smallest absolute Gasteiger partial charge is 0.320 e. The molecule has 1 aliphatic rings. The highest BCUT2D eigenvalue weighted by atomic mass is 16.5. The lowest BCUT2D eigenvalue weighted by Crippen LogP contribution is -2.45. The lowest BCUT2D eigenvalue weighted by atomic mass is 9.90. The van der Waals surface area contributed by atoms with E-state index in [0.29, 0.717) is 24.0 Å². The first-order valence-corrected chi connectivity index (χ1v) is 9.67. The van der Waals surface area contributed by atoms with Gasteiger partial charge in [-0.25, -0.2) is 4.79 Å². The van der Waals surface area contributed by atoms with Crippen LogP contribution in [0.25, 0.3) is 0 Å². The van der Waals surface area contributed by atoms with E-state index in [9.17, 15) is 4.79 Å². The SMILES string of the molecule is CCOc1ccccc1OCNC(=O)N1CCC(Cc2ccccc2)CC1. The molecule has 144 valence electrons. The van der Waals surface area contributed by atoms with E-state index in [0.717, 1.165) is 32.4 Å². The number of para-hydroxylation sites is 2. The predicted octanol–water partition coefficient (Wildman–Crippen LogP) is 4.09. The second-order valence-electron chi connectivity index (χ2n) is 6.77. The summed E-state index contributed by atoms with van der Waals surface area (Å²) in [6.45, 7) is 4.22. The topological polar surface area (TPSA) is 50.8 Å². The summed E-state index contributed by atoms with van der Waals surface area (Å²) in [7, 11) is 0. The van der Waals surface area contributed by atoms with Gasteiger partial charge in [-0.05, 0) is 49.8 Å². The van der Waals surface area contributed by atoms with Crippen LogP contribution in [0.5, 0.6) is 11.5 Å². The van der Waals surface area contributed by atoms with Crippen LogP contribution in [0.3, 0.4) is 0 Å². The minimum Gasteiger partial charge on any atom is -0.490 e. The number of hydrogen-bond donors (Lipinski definition) is 1. The van der Waals surface area contributed by atoms with Crippen molar-refractivity contribution in [2.75, 3.05) is 26.4 Å². The van der Waals surface area contributed by atoms with Gasteiger partial charge in [0.25, 0.3) is 0 Å². The van der Waals surface area contributed by atoms with Gasteiger partial charge in [0.1, 0.15) is 0 Å². The normalized spacial score (nSPS) is 14.6. The first-order valence-electron chi connectivity index (χ1n) is 9.67. The van der Waals surface area contributed by atoms with Crippen LogP contribution in [0.2, 0.25) is 0 Å². The van der Waals surface area contributed by atoms with Crippen LogP contribution in [0, 0.1) is 5.92 Å². The maximum Gasteiger partial charge on any atom is 0.320 e. The minimum atomic E-state index is -0.0675.